The molecular weight excluding hydrogens is 108 g/mol. The molecule has 1 aromatic rings. The van der Waals surface area contributed by atoms with Crippen molar-refractivity contribution in [3.05, 3.63) is 35.4 Å². The van der Waals surface area contributed by atoms with E-state index < -0.39 is 6.85 Å². The molecule has 0 aliphatic heterocycles. The zero-order valence-electron chi connectivity index (χ0n) is 7.89. The molecule has 1 rings (SSSR count). The summed E-state index contributed by atoms with van der Waals surface area (Å²) in [5.41, 5.74) is 1.02. The van der Waals surface area contributed by atoms with Crippen LogP contribution >= 0.6 is 0 Å². The first-order valence-electron chi connectivity index (χ1n) is 4.11. The minimum Gasteiger partial charge on any atom is -0.115 e. The van der Waals surface area contributed by atoms with Crippen LogP contribution < -0.4 is 0 Å². The summed E-state index contributed by atoms with van der Waals surface area (Å²) in [6.07, 6.45) is 5.12. The van der Waals surface area contributed by atoms with Crippen LogP contribution in [0.1, 0.15) is 15.2 Å². The van der Waals surface area contributed by atoms with Crippen molar-refractivity contribution in [3.63, 3.8) is 0 Å². The second-order valence-corrected chi connectivity index (χ2v) is 1.72. The van der Waals surface area contributed by atoms with E-state index >= 15 is 0 Å². The number of aryl methyl sites for hydroxylation is 1. The molecule has 0 saturated heterocycles. The van der Waals surface area contributed by atoms with E-state index in [0.717, 1.165) is 0 Å². The second-order valence-electron chi connectivity index (χ2n) is 1.72. The SMILES string of the molecule is [2H]C([2H])([2H])c1ccc(C#C)cc1. The van der Waals surface area contributed by atoms with Crippen molar-refractivity contribution >= 4 is 0 Å². The highest BCUT2D eigenvalue weighted by Crippen LogP contribution is 1.99. The van der Waals surface area contributed by atoms with Crippen LogP contribution in [0.25, 0.3) is 0 Å². The van der Waals surface area contributed by atoms with Gasteiger partial charge in [0.15, 0.2) is 0 Å². The third-order valence-corrected chi connectivity index (χ3v) is 1.05. The van der Waals surface area contributed by atoms with Gasteiger partial charge in [0, 0.05) is 9.68 Å². The Balaban J connectivity index is 3.02. The maximum Gasteiger partial charge on any atom is 0.0280 e. The number of terminal acetylenes is 1. The highest BCUT2D eigenvalue weighted by atomic mass is 13.9. The summed E-state index contributed by atoms with van der Waals surface area (Å²) in [6.45, 7) is -2.03. The van der Waals surface area contributed by atoms with Gasteiger partial charge in [-0.2, -0.15) is 0 Å². The summed E-state index contributed by atoms with van der Waals surface area (Å²) in [6, 6.07) is 6.31. The Hall–Kier alpha value is -1.22. The van der Waals surface area contributed by atoms with E-state index in [1.165, 1.54) is 12.1 Å². The molecule has 44 valence electrons. The van der Waals surface area contributed by atoms with Crippen molar-refractivity contribution in [3.8, 4) is 12.3 Å². The first kappa shape index (κ1) is 3.08. The Morgan fingerprint density at radius 3 is 2.56 bits per heavy atom. The Morgan fingerprint density at radius 2 is 2.11 bits per heavy atom. The molecule has 0 saturated carbocycles. The van der Waals surface area contributed by atoms with Gasteiger partial charge in [-0.3, -0.25) is 0 Å². The molecule has 0 aromatic heterocycles. The van der Waals surface area contributed by atoms with Gasteiger partial charge < -0.3 is 0 Å². The largest absolute Gasteiger partial charge is 0.115 e. The average Bonchev–Trinajstić information content (AvgIpc) is 2.03. The lowest BCUT2D eigenvalue weighted by molar-refractivity contribution is 1.46. The van der Waals surface area contributed by atoms with Gasteiger partial charge in [0.25, 0.3) is 0 Å². The van der Waals surface area contributed by atoms with E-state index in [0.29, 0.717) is 11.1 Å². The van der Waals surface area contributed by atoms with Crippen LogP contribution in [0.2, 0.25) is 0 Å². The van der Waals surface area contributed by atoms with Crippen LogP contribution in [0.3, 0.4) is 0 Å². The number of rotatable bonds is 0. The molecule has 0 spiro atoms. The van der Waals surface area contributed by atoms with Gasteiger partial charge in [-0.15, -0.1) is 6.42 Å². The molecule has 0 aliphatic rings. The Bertz CT molecular complexity index is 300. The van der Waals surface area contributed by atoms with Crippen molar-refractivity contribution in [1.29, 1.82) is 0 Å². The van der Waals surface area contributed by atoms with Gasteiger partial charge in [-0.1, -0.05) is 23.6 Å². The lowest BCUT2D eigenvalue weighted by Crippen LogP contribution is -1.72. The molecule has 0 atom stereocenters. The van der Waals surface area contributed by atoms with Gasteiger partial charge in [0.1, 0.15) is 0 Å². The molecule has 0 fully saturated rings. The van der Waals surface area contributed by atoms with Gasteiger partial charge in [0.05, 0.1) is 0 Å². The molecule has 0 N–H and O–H groups in total. The molecule has 0 amide bonds. The Kier molecular flexibility index (Phi) is 0.810. The van der Waals surface area contributed by atoms with Crippen LogP contribution in [0.4, 0.5) is 0 Å². The van der Waals surface area contributed by atoms with Crippen molar-refractivity contribution in [2.45, 2.75) is 6.85 Å². The molecule has 0 heteroatoms. The zero-order valence-corrected chi connectivity index (χ0v) is 4.89. The molecule has 0 aliphatic carbocycles. The number of benzene rings is 1. The van der Waals surface area contributed by atoms with Gasteiger partial charge >= 0.3 is 0 Å². The van der Waals surface area contributed by atoms with E-state index in [9.17, 15) is 0 Å². The Morgan fingerprint density at radius 1 is 1.44 bits per heavy atom. The smallest absolute Gasteiger partial charge is 0.0280 e. The zero-order chi connectivity index (χ0) is 9.19. The molecule has 0 bridgehead atoms. The van der Waals surface area contributed by atoms with E-state index in [1.54, 1.807) is 12.1 Å². The normalized spacial score (nSPS) is 14.8. The Labute approximate surface area is 59.7 Å². The summed E-state index contributed by atoms with van der Waals surface area (Å²) in [5.74, 6) is 2.42. The monoisotopic (exact) mass is 119 g/mol. The van der Waals surface area contributed by atoms with Crippen molar-refractivity contribution in [2.75, 3.05) is 0 Å². The molecule has 9 heavy (non-hydrogen) atoms. The highest BCUT2D eigenvalue weighted by molar-refractivity contribution is 5.33. The molecular formula is C9H8. The molecule has 1 aromatic carbocycles. The summed E-state index contributed by atoms with van der Waals surface area (Å²) >= 11 is 0. The molecule has 0 unspecified atom stereocenters. The predicted octanol–water partition coefficient (Wildman–Crippen LogP) is 1.98. The molecule has 0 nitrogen and oxygen atoms in total. The summed E-state index contributed by atoms with van der Waals surface area (Å²) in [4.78, 5) is 0. The third kappa shape index (κ3) is 1.33. The topological polar surface area (TPSA) is 0 Å². The number of hydrogen-bond acceptors (Lipinski definition) is 0. The fraction of sp³-hybridized carbons (Fsp3) is 0.111. The van der Waals surface area contributed by atoms with Crippen LogP contribution in [-0.4, -0.2) is 0 Å². The van der Waals surface area contributed by atoms with Crippen LogP contribution in [0.5, 0.6) is 0 Å². The lowest BCUT2D eigenvalue weighted by atomic mass is 10.2. The van der Waals surface area contributed by atoms with Gasteiger partial charge in [-0.05, 0) is 19.0 Å². The van der Waals surface area contributed by atoms with Crippen LogP contribution in [0.15, 0.2) is 24.3 Å². The number of hydrogen-bond donors (Lipinski definition) is 0. The van der Waals surface area contributed by atoms with Crippen molar-refractivity contribution in [1.82, 2.24) is 0 Å². The fourth-order valence-corrected chi connectivity index (χ4v) is 0.566. The second kappa shape index (κ2) is 2.37. The summed E-state index contributed by atoms with van der Waals surface area (Å²) in [7, 11) is 0. The maximum absolute atomic E-state index is 7.08. The first-order valence-corrected chi connectivity index (χ1v) is 2.61. The standard InChI is InChI=1S/C9H8/c1-3-9-6-4-8(2)5-7-9/h1,4-7H,2H3/i2D3. The highest BCUT2D eigenvalue weighted by Gasteiger charge is 1.82. The quantitative estimate of drug-likeness (QED) is 0.458. The van der Waals surface area contributed by atoms with Gasteiger partial charge in [-0.25, -0.2) is 0 Å². The van der Waals surface area contributed by atoms with Crippen molar-refractivity contribution < 1.29 is 4.11 Å². The van der Waals surface area contributed by atoms with E-state index in [2.05, 4.69) is 5.92 Å². The minimum atomic E-state index is -2.03. The van der Waals surface area contributed by atoms with E-state index in [-0.39, 0.29) is 0 Å². The maximum atomic E-state index is 7.08. The van der Waals surface area contributed by atoms with Crippen LogP contribution in [0, 0.1) is 19.2 Å². The van der Waals surface area contributed by atoms with E-state index in [4.69, 9.17) is 10.5 Å². The first-order chi connectivity index (χ1) is 5.54. The molecule has 0 radical (unpaired) electrons. The average molecular weight is 119 g/mol. The molecule has 0 heterocycles. The van der Waals surface area contributed by atoms with Crippen molar-refractivity contribution in [2.24, 2.45) is 0 Å². The summed E-state index contributed by atoms with van der Waals surface area (Å²) < 4.78 is 21.2. The third-order valence-electron chi connectivity index (χ3n) is 1.05. The fourth-order valence-electron chi connectivity index (χ4n) is 0.566. The van der Waals surface area contributed by atoms with Gasteiger partial charge in [0.2, 0.25) is 0 Å². The predicted molar refractivity (Wildman–Crippen MR) is 39.1 cm³/mol. The summed E-state index contributed by atoms with van der Waals surface area (Å²) in [5, 5.41) is 0. The lowest BCUT2D eigenvalue weighted by Gasteiger charge is -1.89. The van der Waals surface area contributed by atoms with E-state index in [1.807, 2.05) is 0 Å². The minimum absolute atomic E-state index is 0.321. The van der Waals surface area contributed by atoms with Crippen LogP contribution in [-0.2, 0) is 0 Å².